The maximum atomic E-state index is 8.89. The smallest absolute Gasteiger partial charge is 0.109 e. The first-order valence-corrected chi connectivity index (χ1v) is 3.81. The number of halogens is 1. The molecule has 0 heterocycles. The van der Waals surface area contributed by atoms with Gasteiger partial charge in [0.1, 0.15) is 6.04 Å². The van der Waals surface area contributed by atoms with E-state index in [4.69, 9.17) is 15.0 Å². The summed E-state index contributed by atoms with van der Waals surface area (Å²) < 4.78 is 0.830. The molecule has 0 fully saturated rings. The molecule has 0 aliphatic carbocycles. The first kappa shape index (κ1) is 18.5. The number of carbonyl (C=O) groups excluding carboxylic acids is 1. The summed E-state index contributed by atoms with van der Waals surface area (Å²) in [6, 6.07) is 0.343. The molecule has 1 unspecified atom stereocenters. The Labute approximate surface area is 86.2 Å². The Morgan fingerprint density at radius 1 is 1.46 bits per heavy atom. The molecule has 0 aromatic heterocycles. The zero-order valence-electron chi connectivity index (χ0n) is 8.90. The number of carboxylic acids is 1. The van der Waals surface area contributed by atoms with E-state index in [0.717, 1.165) is 11.4 Å². The lowest BCUT2D eigenvalue weighted by Gasteiger charge is -2.29. The minimum Gasteiger partial charge on any atom is -0.550 e. The molecular formula is C8H20ClNO3. The van der Waals surface area contributed by atoms with Gasteiger partial charge in [0.2, 0.25) is 0 Å². The topological polar surface area (TPSA) is 60.4 Å². The summed E-state index contributed by atoms with van der Waals surface area (Å²) in [5.41, 5.74) is 0. The van der Waals surface area contributed by atoms with Gasteiger partial charge < -0.3 is 19.5 Å². The van der Waals surface area contributed by atoms with Crippen molar-refractivity contribution in [2.75, 3.05) is 27.7 Å². The molecule has 1 N–H and O–H groups in total. The van der Waals surface area contributed by atoms with Crippen molar-refractivity contribution in [2.45, 2.75) is 19.9 Å². The SMILES string of the molecule is CC(=O)[O-].CC(CO)[N+](C)(C)C.Cl. The summed E-state index contributed by atoms with van der Waals surface area (Å²) in [6.07, 6.45) is 0. The molecule has 0 radical (unpaired) electrons. The summed E-state index contributed by atoms with van der Waals surface area (Å²) in [7, 11) is 6.21. The van der Waals surface area contributed by atoms with Crippen LogP contribution >= 0.6 is 12.4 Å². The molecule has 0 saturated carbocycles. The van der Waals surface area contributed by atoms with E-state index in [1.165, 1.54) is 0 Å². The Morgan fingerprint density at radius 2 is 1.69 bits per heavy atom. The van der Waals surface area contributed by atoms with Crippen molar-refractivity contribution >= 4 is 18.4 Å². The minimum absolute atomic E-state index is 0. The number of rotatable bonds is 2. The first-order chi connectivity index (χ1) is 5.21. The summed E-state index contributed by atoms with van der Waals surface area (Å²) in [4.78, 5) is 8.89. The van der Waals surface area contributed by atoms with E-state index in [-0.39, 0.29) is 19.0 Å². The fourth-order valence-electron chi connectivity index (χ4n) is 0.245. The van der Waals surface area contributed by atoms with Crippen molar-refractivity contribution < 1.29 is 19.5 Å². The average Bonchev–Trinajstić information content (AvgIpc) is 1.82. The highest BCUT2D eigenvalue weighted by molar-refractivity contribution is 5.85. The number of nitrogens with zero attached hydrogens (tertiary/aromatic N) is 1. The predicted molar refractivity (Wildman–Crippen MR) is 52.5 cm³/mol. The van der Waals surface area contributed by atoms with Crippen LogP contribution in [0.2, 0.25) is 0 Å². The van der Waals surface area contributed by atoms with Gasteiger partial charge in [-0.25, -0.2) is 0 Å². The highest BCUT2D eigenvalue weighted by Gasteiger charge is 2.15. The van der Waals surface area contributed by atoms with E-state index in [1.54, 1.807) is 0 Å². The van der Waals surface area contributed by atoms with Gasteiger partial charge in [-0.2, -0.15) is 0 Å². The van der Waals surface area contributed by atoms with Crippen LogP contribution in [-0.4, -0.2) is 49.4 Å². The van der Waals surface area contributed by atoms with E-state index in [9.17, 15) is 0 Å². The molecule has 0 amide bonds. The monoisotopic (exact) mass is 213 g/mol. The van der Waals surface area contributed by atoms with Gasteiger partial charge in [0.15, 0.2) is 0 Å². The van der Waals surface area contributed by atoms with E-state index in [2.05, 4.69) is 21.1 Å². The third-order valence-electron chi connectivity index (χ3n) is 1.59. The van der Waals surface area contributed by atoms with Gasteiger partial charge >= 0.3 is 0 Å². The zero-order chi connectivity index (χ0) is 10.4. The minimum atomic E-state index is -1.08. The summed E-state index contributed by atoms with van der Waals surface area (Å²) >= 11 is 0. The number of aliphatic hydroxyl groups is 1. The van der Waals surface area contributed by atoms with Crippen LogP contribution in [0.4, 0.5) is 0 Å². The molecule has 82 valence electrons. The molecule has 0 bridgehead atoms. The molecule has 4 nitrogen and oxygen atoms in total. The summed E-state index contributed by atoms with van der Waals surface area (Å²) in [5, 5.41) is 17.5. The van der Waals surface area contributed by atoms with Crippen molar-refractivity contribution in [1.29, 1.82) is 0 Å². The van der Waals surface area contributed by atoms with Crippen molar-refractivity contribution in [3.8, 4) is 0 Å². The highest BCUT2D eigenvalue weighted by Crippen LogP contribution is 1.98. The van der Waals surface area contributed by atoms with Crippen molar-refractivity contribution in [2.24, 2.45) is 0 Å². The second-order valence-corrected chi connectivity index (χ2v) is 3.64. The molecule has 0 spiro atoms. The second-order valence-electron chi connectivity index (χ2n) is 3.64. The van der Waals surface area contributed by atoms with Crippen LogP contribution in [0.15, 0.2) is 0 Å². The Balaban J connectivity index is -0.000000173. The molecule has 0 saturated heterocycles. The molecule has 0 rings (SSSR count). The predicted octanol–water partition coefficient (Wildman–Crippen LogP) is -0.749. The Morgan fingerprint density at radius 3 is 1.69 bits per heavy atom. The third-order valence-corrected chi connectivity index (χ3v) is 1.59. The van der Waals surface area contributed by atoms with Gasteiger partial charge in [0.05, 0.1) is 27.7 Å². The number of quaternary nitrogens is 1. The Kier molecular flexibility index (Phi) is 11.8. The fraction of sp³-hybridized carbons (Fsp3) is 0.875. The number of carboxylic acid groups (broad SMARTS) is 1. The van der Waals surface area contributed by atoms with Crippen LogP contribution in [-0.2, 0) is 4.79 Å². The van der Waals surface area contributed by atoms with E-state index >= 15 is 0 Å². The Hall–Kier alpha value is -0.320. The molecule has 5 heteroatoms. The van der Waals surface area contributed by atoms with Crippen molar-refractivity contribution in [3.63, 3.8) is 0 Å². The number of carbonyl (C=O) groups is 1. The number of aliphatic hydroxyl groups excluding tert-OH is 1. The molecular weight excluding hydrogens is 194 g/mol. The largest absolute Gasteiger partial charge is 0.550 e. The zero-order valence-corrected chi connectivity index (χ0v) is 9.72. The lowest BCUT2D eigenvalue weighted by molar-refractivity contribution is -0.894. The second kappa shape index (κ2) is 8.29. The molecule has 1 atom stereocenters. The number of likely N-dealkylation sites (N-methyl/N-ethyl adjacent to an activating group) is 1. The quantitative estimate of drug-likeness (QED) is 0.615. The van der Waals surface area contributed by atoms with Crippen LogP contribution in [0, 0.1) is 0 Å². The van der Waals surface area contributed by atoms with Gasteiger partial charge in [-0.1, -0.05) is 0 Å². The van der Waals surface area contributed by atoms with Gasteiger partial charge in [-0.05, 0) is 13.8 Å². The number of aliphatic carboxylic acids is 1. The molecule has 0 aromatic carbocycles. The van der Waals surface area contributed by atoms with Crippen LogP contribution in [0.5, 0.6) is 0 Å². The molecule has 0 aromatic rings. The maximum Gasteiger partial charge on any atom is 0.109 e. The van der Waals surface area contributed by atoms with Crippen molar-refractivity contribution in [1.82, 2.24) is 0 Å². The number of hydrogen-bond acceptors (Lipinski definition) is 3. The first-order valence-electron chi connectivity index (χ1n) is 3.81. The molecule has 0 aliphatic rings. The molecule has 13 heavy (non-hydrogen) atoms. The van der Waals surface area contributed by atoms with E-state index in [1.807, 2.05) is 6.92 Å². The van der Waals surface area contributed by atoms with E-state index < -0.39 is 5.97 Å². The highest BCUT2D eigenvalue weighted by atomic mass is 35.5. The van der Waals surface area contributed by atoms with Crippen LogP contribution < -0.4 is 5.11 Å². The van der Waals surface area contributed by atoms with Gasteiger partial charge in [0.25, 0.3) is 0 Å². The number of hydrogen-bond donors (Lipinski definition) is 1. The third kappa shape index (κ3) is 18.6. The standard InChI is InChI=1S/C6H16NO.C2H4O2.ClH/c1-6(5-8)7(2,3)4;1-2(3)4;/h6,8H,5H2,1-4H3;1H3,(H,3,4);1H/q+1;;/p-1. The van der Waals surface area contributed by atoms with Crippen LogP contribution in [0.1, 0.15) is 13.8 Å². The summed E-state index contributed by atoms with van der Waals surface area (Å²) in [6.45, 7) is 3.27. The van der Waals surface area contributed by atoms with E-state index in [0.29, 0.717) is 6.04 Å². The summed E-state index contributed by atoms with van der Waals surface area (Å²) in [5.74, 6) is -1.08. The maximum absolute atomic E-state index is 8.89. The normalized spacial score (nSPS) is 11.8. The van der Waals surface area contributed by atoms with Crippen molar-refractivity contribution in [3.05, 3.63) is 0 Å². The lowest BCUT2D eigenvalue weighted by atomic mass is 10.3. The average molecular weight is 214 g/mol. The van der Waals surface area contributed by atoms with Gasteiger partial charge in [-0.15, -0.1) is 12.4 Å². The van der Waals surface area contributed by atoms with Crippen LogP contribution in [0.3, 0.4) is 0 Å². The Bertz CT molecular complexity index is 130. The van der Waals surface area contributed by atoms with Crippen LogP contribution in [0.25, 0.3) is 0 Å². The van der Waals surface area contributed by atoms with Gasteiger partial charge in [0, 0.05) is 5.97 Å². The fourth-order valence-corrected chi connectivity index (χ4v) is 0.245. The van der Waals surface area contributed by atoms with Gasteiger partial charge in [-0.3, -0.25) is 0 Å². The molecule has 0 aliphatic heterocycles. The lowest BCUT2D eigenvalue weighted by Crippen LogP contribution is -2.45.